The molecule has 0 radical (unpaired) electrons. The van der Waals surface area contributed by atoms with Gasteiger partial charge in [0.25, 0.3) is 0 Å². The van der Waals surface area contributed by atoms with Crippen LogP contribution in [0.2, 0.25) is 0 Å². The van der Waals surface area contributed by atoms with Gasteiger partial charge in [-0.05, 0) is 76.8 Å². The molecule has 0 aliphatic carbocycles. The molecule has 0 atom stereocenters. The van der Waals surface area contributed by atoms with Gasteiger partial charge in [-0.2, -0.15) is 5.26 Å². The third kappa shape index (κ3) is 3.16. The molecule has 6 heteroatoms. The molecule has 0 N–H and O–H groups in total. The minimum absolute atomic E-state index is 0.231. The monoisotopic (exact) mass is 536 g/mol. The van der Waals surface area contributed by atoms with E-state index in [0.29, 0.717) is 5.56 Å². The fourth-order valence-corrected chi connectivity index (χ4v) is 6.64. The second-order valence-electron chi connectivity index (χ2n) is 10.7. The summed E-state index contributed by atoms with van der Waals surface area (Å²) >= 11 is 0. The summed E-state index contributed by atoms with van der Waals surface area (Å²) in [6.45, 7) is 0. The standard InChI is InChI=1S/C36H21BN4O/c38-22-23-18-25(20-26(19-23)40-32-13-5-2-10-29(32)30-11-7-17-39-36(30)40)24-15-16-34-35(21-24)42-37-31-12-4-1-8-27(31)28-9-3-6-14-33(28)41(34)37/h1-21H. The van der Waals surface area contributed by atoms with Gasteiger partial charge in [-0.25, -0.2) is 4.98 Å². The molecule has 9 rings (SSSR count). The van der Waals surface area contributed by atoms with Crippen LogP contribution in [0.15, 0.2) is 128 Å². The number of pyridine rings is 1. The zero-order valence-corrected chi connectivity index (χ0v) is 22.4. The van der Waals surface area contributed by atoms with Gasteiger partial charge in [-0.3, -0.25) is 4.57 Å². The van der Waals surface area contributed by atoms with Gasteiger partial charge in [0.05, 0.1) is 22.8 Å². The van der Waals surface area contributed by atoms with Gasteiger partial charge in [0.1, 0.15) is 11.4 Å². The number of fused-ring (bicyclic) bond motifs is 11. The van der Waals surface area contributed by atoms with Crippen molar-refractivity contribution in [3.05, 3.63) is 133 Å². The van der Waals surface area contributed by atoms with E-state index in [-0.39, 0.29) is 7.05 Å². The first-order valence-corrected chi connectivity index (χ1v) is 14.0. The van der Waals surface area contributed by atoms with E-state index in [2.05, 4.69) is 106 Å². The third-order valence-electron chi connectivity index (χ3n) is 8.45. The maximum atomic E-state index is 10.0. The summed E-state index contributed by atoms with van der Waals surface area (Å²) in [5.74, 6) is 0.825. The minimum atomic E-state index is -0.231. The Kier molecular flexibility index (Phi) is 4.70. The van der Waals surface area contributed by atoms with Gasteiger partial charge in [0.15, 0.2) is 0 Å². The number of hydrogen-bond acceptors (Lipinski definition) is 4. The lowest BCUT2D eigenvalue weighted by Gasteiger charge is -2.31. The molecule has 5 aromatic carbocycles. The molecule has 2 aliphatic heterocycles. The highest BCUT2D eigenvalue weighted by Gasteiger charge is 2.44. The van der Waals surface area contributed by atoms with Crippen molar-refractivity contribution in [2.24, 2.45) is 0 Å². The van der Waals surface area contributed by atoms with E-state index in [0.717, 1.165) is 61.3 Å². The zero-order valence-electron chi connectivity index (χ0n) is 22.4. The Hall–Kier alpha value is -5.80. The summed E-state index contributed by atoms with van der Waals surface area (Å²) in [4.78, 5) is 7.02. The van der Waals surface area contributed by atoms with Crippen molar-refractivity contribution in [3.8, 4) is 39.8 Å². The molecule has 4 heterocycles. The first kappa shape index (κ1) is 23.0. The number of nitriles is 1. The lowest BCUT2D eigenvalue weighted by Crippen LogP contribution is -2.50. The fourth-order valence-electron chi connectivity index (χ4n) is 6.64. The van der Waals surface area contributed by atoms with Crippen LogP contribution in [0.25, 0.3) is 49.9 Å². The molecule has 0 bridgehead atoms. The molecule has 7 aromatic rings. The van der Waals surface area contributed by atoms with Crippen molar-refractivity contribution in [3.63, 3.8) is 0 Å². The predicted molar refractivity (Wildman–Crippen MR) is 169 cm³/mol. The van der Waals surface area contributed by atoms with Gasteiger partial charge in [0, 0.05) is 33.9 Å². The average Bonchev–Trinajstić information content (AvgIpc) is 3.61. The highest BCUT2D eigenvalue weighted by molar-refractivity contribution is 6.77. The zero-order chi connectivity index (χ0) is 27.8. The van der Waals surface area contributed by atoms with Crippen molar-refractivity contribution in [2.75, 3.05) is 4.81 Å². The van der Waals surface area contributed by atoms with E-state index < -0.39 is 0 Å². The van der Waals surface area contributed by atoms with Crippen molar-refractivity contribution >= 4 is 45.8 Å². The van der Waals surface area contributed by atoms with Crippen LogP contribution in [0.5, 0.6) is 5.75 Å². The van der Waals surface area contributed by atoms with Gasteiger partial charge < -0.3 is 9.47 Å². The summed E-state index contributed by atoms with van der Waals surface area (Å²) < 4.78 is 8.82. The molecule has 0 unspecified atom stereocenters. The van der Waals surface area contributed by atoms with Crippen LogP contribution < -0.4 is 14.9 Å². The maximum absolute atomic E-state index is 10.0. The van der Waals surface area contributed by atoms with Gasteiger partial charge in [-0.1, -0.05) is 66.7 Å². The summed E-state index contributed by atoms with van der Waals surface area (Å²) in [6.07, 6.45) is 1.82. The Morgan fingerprint density at radius 1 is 0.690 bits per heavy atom. The number of rotatable bonds is 2. The van der Waals surface area contributed by atoms with Crippen molar-refractivity contribution in [1.29, 1.82) is 5.26 Å². The van der Waals surface area contributed by atoms with Crippen LogP contribution in [-0.2, 0) is 0 Å². The SMILES string of the molecule is N#Cc1cc(-c2ccc3c(c2)OB2c4ccccc4-c4ccccc4N23)cc(-n2c3ccccc3c3cccnc32)c1. The normalized spacial score (nSPS) is 12.8. The summed E-state index contributed by atoms with van der Waals surface area (Å²) in [5, 5.41) is 12.2. The second kappa shape index (κ2) is 8.60. The Morgan fingerprint density at radius 3 is 2.43 bits per heavy atom. The number of aromatic nitrogens is 2. The minimum Gasteiger partial charge on any atom is -0.536 e. The Balaban J connectivity index is 1.21. The summed E-state index contributed by atoms with van der Waals surface area (Å²) in [6, 6.07) is 44.1. The molecule has 0 saturated heterocycles. The summed E-state index contributed by atoms with van der Waals surface area (Å²) in [7, 11) is -0.231. The van der Waals surface area contributed by atoms with Crippen molar-refractivity contribution in [2.45, 2.75) is 0 Å². The molecule has 0 fully saturated rings. The van der Waals surface area contributed by atoms with Crippen LogP contribution in [0.1, 0.15) is 5.56 Å². The van der Waals surface area contributed by atoms with Crippen molar-refractivity contribution < 1.29 is 4.65 Å². The Morgan fingerprint density at radius 2 is 1.50 bits per heavy atom. The molecule has 42 heavy (non-hydrogen) atoms. The highest BCUT2D eigenvalue weighted by atomic mass is 16.5. The van der Waals surface area contributed by atoms with Crippen LogP contribution >= 0.6 is 0 Å². The second-order valence-corrected chi connectivity index (χ2v) is 10.7. The van der Waals surface area contributed by atoms with E-state index in [4.69, 9.17) is 9.64 Å². The quantitative estimate of drug-likeness (QED) is 0.213. The summed E-state index contributed by atoms with van der Waals surface area (Å²) in [5.41, 5.74) is 11.1. The first-order valence-electron chi connectivity index (χ1n) is 14.0. The smallest absolute Gasteiger partial charge is 0.524 e. The van der Waals surface area contributed by atoms with E-state index in [1.165, 1.54) is 11.1 Å². The van der Waals surface area contributed by atoms with Crippen LogP contribution in [0.3, 0.4) is 0 Å². The van der Waals surface area contributed by atoms with Gasteiger partial charge in [-0.15, -0.1) is 0 Å². The molecule has 0 saturated carbocycles. The fraction of sp³-hybridized carbons (Fsp3) is 0. The van der Waals surface area contributed by atoms with Crippen LogP contribution in [-0.4, -0.2) is 16.6 Å². The largest absolute Gasteiger partial charge is 0.536 e. The topological polar surface area (TPSA) is 54.1 Å². The molecule has 2 aromatic heterocycles. The molecule has 2 aliphatic rings. The van der Waals surface area contributed by atoms with E-state index in [1.807, 2.05) is 36.5 Å². The first-order chi connectivity index (χ1) is 20.8. The number of para-hydroxylation sites is 2. The number of anilines is 2. The van der Waals surface area contributed by atoms with E-state index in [9.17, 15) is 5.26 Å². The molecule has 0 amide bonds. The lowest BCUT2D eigenvalue weighted by molar-refractivity contribution is 0.603. The van der Waals surface area contributed by atoms with Crippen LogP contribution in [0.4, 0.5) is 11.4 Å². The Labute approximate surface area is 242 Å². The molecule has 0 spiro atoms. The third-order valence-corrected chi connectivity index (χ3v) is 8.45. The molecule has 5 nitrogen and oxygen atoms in total. The van der Waals surface area contributed by atoms with Crippen molar-refractivity contribution in [1.82, 2.24) is 9.55 Å². The Bertz CT molecular complexity index is 2230. The lowest BCUT2D eigenvalue weighted by atomic mass is 9.65. The van der Waals surface area contributed by atoms with Gasteiger partial charge in [0.2, 0.25) is 0 Å². The van der Waals surface area contributed by atoms with Crippen LogP contribution in [0, 0.1) is 11.3 Å². The number of hydrogen-bond donors (Lipinski definition) is 0. The predicted octanol–water partition coefficient (Wildman–Crippen LogP) is 7.62. The average molecular weight is 536 g/mol. The molecular weight excluding hydrogens is 515 g/mol. The number of nitrogens with zero attached hydrogens (tertiary/aromatic N) is 4. The van der Waals surface area contributed by atoms with E-state index >= 15 is 0 Å². The van der Waals surface area contributed by atoms with Gasteiger partial charge >= 0.3 is 7.05 Å². The van der Waals surface area contributed by atoms with E-state index in [1.54, 1.807) is 0 Å². The molecular formula is C36H21BN4O. The number of benzene rings is 5. The maximum Gasteiger partial charge on any atom is 0.524 e. The molecule has 194 valence electrons. The highest BCUT2D eigenvalue weighted by Crippen LogP contribution is 2.48.